The molecular weight excluding hydrogens is 234 g/mol. The Morgan fingerprint density at radius 3 is 2.53 bits per heavy atom. The Morgan fingerprint density at radius 1 is 1.24 bits per heavy atom. The number of carboxylic acid groups (broad SMARTS) is 1. The number of anilines is 1. The summed E-state index contributed by atoms with van der Waals surface area (Å²) in [5.74, 6) is -0.703. The molecule has 0 spiro atoms. The third-order valence-electron chi connectivity index (χ3n) is 2.49. The molecule has 1 aromatic rings. The van der Waals surface area contributed by atoms with Gasteiger partial charge in [-0.1, -0.05) is 6.42 Å². The standard InChI is InChI=1S/C13H19NO2S/c1-17-12-8-6-11(7-9-12)14-10-4-2-3-5-13(15)16/h6-9,14H,2-5,10H2,1H3,(H,15,16). The zero-order valence-electron chi connectivity index (χ0n) is 10.1. The van der Waals surface area contributed by atoms with Crippen LogP contribution in [0.1, 0.15) is 25.7 Å². The lowest BCUT2D eigenvalue weighted by Gasteiger charge is -2.06. The highest BCUT2D eigenvalue weighted by Crippen LogP contribution is 2.17. The van der Waals surface area contributed by atoms with E-state index in [4.69, 9.17) is 5.11 Å². The Morgan fingerprint density at radius 2 is 1.94 bits per heavy atom. The van der Waals surface area contributed by atoms with Gasteiger partial charge in [0.2, 0.25) is 0 Å². The Hall–Kier alpha value is -1.16. The minimum absolute atomic E-state index is 0.280. The van der Waals surface area contributed by atoms with Crippen LogP contribution in [0.5, 0.6) is 0 Å². The lowest BCUT2D eigenvalue weighted by Crippen LogP contribution is -2.02. The van der Waals surface area contributed by atoms with E-state index in [9.17, 15) is 4.79 Å². The lowest BCUT2D eigenvalue weighted by molar-refractivity contribution is -0.137. The second-order valence-electron chi connectivity index (χ2n) is 3.86. The first kappa shape index (κ1) is 13.9. The van der Waals surface area contributed by atoms with E-state index in [-0.39, 0.29) is 6.42 Å². The Balaban J connectivity index is 2.11. The fourth-order valence-corrected chi connectivity index (χ4v) is 1.93. The van der Waals surface area contributed by atoms with Gasteiger partial charge in [0.15, 0.2) is 0 Å². The SMILES string of the molecule is CSc1ccc(NCCCCCC(=O)O)cc1. The van der Waals surface area contributed by atoms with Crippen molar-refractivity contribution in [2.45, 2.75) is 30.6 Å². The van der Waals surface area contributed by atoms with Gasteiger partial charge in [-0.05, 0) is 43.4 Å². The molecule has 0 amide bonds. The fraction of sp³-hybridized carbons (Fsp3) is 0.462. The van der Waals surface area contributed by atoms with Crippen LogP contribution in [0.3, 0.4) is 0 Å². The molecule has 3 nitrogen and oxygen atoms in total. The summed E-state index contributed by atoms with van der Waals surface area (Å²) in [6.45, 7) is 0.901. The number of hydrogen-bond donors (Lipinski definition) is 2. The molecule has 0 bridgehead atoms. The fourth-order valence-electron chi connectivity index (χ4n) is 1.52. The molecule has 0 aliphatic rings. The van der Waals surface area contributed by atoms with Crippen molar-refractivity contribution in [2.75, 3.05) is 18.1 Å². The molecule has 0 aromatic heterocycles. The first-order valence-electron chi connectivity index (χ1n) is 5.82. The maximum Gasteiger partial charge on any atom is 0.303 e. The molecule has 4 heteroatoms. The van der Waals surface area contributed by atoms with Crippen LogP contribution in [-0.2, 0) is 4.79 Å². The number of rotatable bonds is 8. The summed E-state index contributed by atoms with van der Waals surface area (Å²) < 4.78 is 0. The van der Waals surface area contributed by atoms with Gasteiger partial charge in [-0.15, -0.1) is 11.8 Å². The summed E-state index contributed by atoms with van der Waals surface area (Å²) in [5, 5.41) is 11.8. The number of benzene rings is 1. The molecule has 1 rings (SSSR count). The van der Waals surface area contributed by atoms with E-state index in [1.165, 1.54) is 4.90 Å². The molecule has 2 N–H and O–H groups in total. The molecule has 1 aromatic carbocycles. The second-order valence-corrected chi connectivity index (χ2v) is 4.74. The minimum atomic E-state index is -0.703. The van der Waals surface area contributed by atoms with Gasteiger partial charge >= 0.3 is 5.97 Å². The van der Waals surface area contributed by atoms with Crippen LogP contribution in [0.15, 0.2) is 29.2 Å². The van der Waals surface area contributed by atoms with Crippen LogP contribution in [0.4, 0.5) is 5.69 Å². The molecule has 0 unspecified atom stereocenters. The van der Waals surface area contributed by atoms with Gasteiger partial charge in [-0.25, -0.2) is 0 Å². The van der Waals surface area contributed by atoms with Gasteiger partial charge in [0.1, 0.15) is 0 Å². The smallest absolute Gasteiger partial charge is 0.303 e. The van der Waals surface area contributed by atoms with Crippen LogP contribution in [0, 0.1) is 0 Å². The minimum Gasteiger partial charge on any atom is -0.481 e. The number of nitrogens with one attached hydrogen (secondary N) is 1. The van der Waals surface area contributed by atoms with Crippen molar-refractivity contribution in [1.29, 1.82) is 0 Å². The van der Waals surface area contributed by atoms with E-state index in [1.54, 1.807) is 11.8 Å². The van der Waals surface area contributed by atoms with E-state index in [0.717, 1.165) is 31.5 Å². The van der Waals surface area contributed by atoms with Gasteiger partial charge in [-0.2, -0.15) is 0 Å². The average molecular weight is 253 g/mol. The summed E-state index contributed by atoms with van der Waals surface area (Å²) in [5.41, 5.74) is 1.13. The number of hydrogen-bond acceptors (Lipinski definition) is 3. The lowest BCUT2D eigenvalue weighted by atomic mass is 10.2. The van der Waals surface area contributed by atoms with E-state index >= 15 is 0 Å². The van der Waals surface area contributed by atoms with E-state index in [1.807, 2.05) is 0 Å². The normalized spacial score (nSPS) is 10.2. The van der Waals surface area contributed by atoms with Gasteiger partial charge in [0.25, 0.3) is 0 Å². The van der Waals surface area contributed by atoms with E-state index in [2.05, 4.69) is 35.8 Å². The summed E-state index contributed by atoms with van der Waals surface area (Å²) in [6, 6.07) is 8.33. The highest BCUT2D eigenvalue weighted by atomic mass is 32.2. The molecular formula is C13H19NO2S. The van der Waals surface area contributed by atoms with Crippen molar-refractivity contribution in [2.24, 2.45) is 0 Å². The number of carbonyl (C=O) groups is 1. The van der Waals surface area contributed by atoms with Crippen molar-refractivity contribution in [3.63, 3.8) is 0 Å². The maximum atomic E-state index is 10.3. The molecule has 0 aliphatic heterocycles. The van der Waals surface area contributed by atoms with Crippen molar-refractivity contribution >= 4 is 23.4 Å². The Labute approximate surface area is 107 Å². The first-order chi connectivity index (χ1) is 8.22. The molecule has 0 saturated carbocycles. The first-order valence-corrected chi connectivity index (χ1v) is 7.04. The number of aliphatic carboxylic acids is 1. The number of carboxylic acids is 1. The topological polar surface area (TPSA) is 49.3 Å². The van der Waals surface area contributed by atoms with Gasteiger partial charge in [0.05, 0.1) is 0 Å². The molecule has 0 fully saturated rings. The predicted octanol–water partition coefficient (Wildman–Crippen LogP) is 3.47. The third kappa shape index (κ3) is 6.22. The van der Waals surface area contributed by atoms with Crippen LogP contribution >= 0.6 is 11.8 Å². The third-order valence-corrected chi connectivity index (χ3v) is 3.23. The Bertz CT molecular complexity index is 338. The quantitative estimate of drug-likeness (QED) is 0.550. The molecule has 0 atom stereocenters. The summed E-state index contributed by atoms with van der Waals surface area (Å²) >= 11 is 1.73. The van der Waals surface area contributed by atoms with Crippen LogP contribution in [-0.4, -0.2) is 23.9 Å². The van der Waals surface area contributed by atoms with Crippen LogP contribution < -0.4 is 5.32 Å². The molecule has 0 heterocycles. The largest absolute Gasteiger partial charge is 0.481 e. The molecule has 17 heavy (non-hydrogen) atoms. The molecule has 94 valence electrons. The van der Waals surface area contributed by atoms with Crippen molar-refractivity contribution in [3.05, 3.63) is 24.3 Å². The molecule has 0 radical (unpaired) electrons. The van der Waals surface area contributed by atoms with E-state index < -0.39 is 5.97 Å². The van der Waals surface area contributed by atoms with Gasteiger partial charge < -0.3 is 10.4 Å². The highest BCUT2D eigenvalue weighted by molar-refractivity contribution is 7.98. The molecule has 0 aliphatic carbocycles. The van der Waals surface area contributed by atoms with Crippen LogP contribution in [0.2, 0.25) is 0 Å². The van der Waals surface area contributed by atoms with Gasteiger partial charge in [-0.3, -0.25) is 4.79 Å². The molecule has 0 saturated heterocycles. The summed E-state index contributed by atoms with van der Waals surface area (Å²) in [7, 11) is 0. The second kappa shape index (κ2) is 8.01. The zero-order valence-corrected chi connectivity index (χ0v) is 10.9. The number of unbranched alkanes of at least 4 members (excludes halogenated alkanes) is 2. The average Bonchev–Trinajstić information content (AvgIpc) is 2.34. The monoisotopic (exact) mass is 253 g/mol. The van der Waals surface area contributed by atoms with Crippen molar-refractivity contribution < 1.29 is 9.90 Å². The zero-order chi connectivity index (χ0) is 12.5. The van der Waals surface area contributed by atoms with E-state index in [0.29, 0.717) is 0 Å². The number of thioether (sulfide) groups is 1. The summed E-state index contributed by atoms with van der Waals surface area (Å²) in [4.78, 5) is 11.6. The maximum absolute atomic E-state index is 10.3. The predicted molar refractivity (Wildman–Crippen MR) is 72.8 cm³/mol. The van der Waals surface area contributed by atoms with Crippen molar-refractivity contribution in [1.82, 2.24) is 0 Å². The Kier molecular flexibility index (Phi) is 6.55. The highest BCUT2D eigenvalue weighted by Gasteiger charge is 1.96. The summed E-state index contributed by atoms with van der Waals surface area (Å²) in [6.07, 6.45) is 5.08. The van der Waals surface area contributed by atoms with Crippen LogP contribution in [0.25, 0.3) is 0 Å². The van der Waals surface area contributed by atoms with Crippen molar-refractivity contribution in [3.8, 4) is 0 Å². The van der Waals surface area contributed by atoms with Gasteiger partial charge in [0, 0.05) is 23.5 Å².